The number of benzene rings is 1. The zero-order valence-corrected chi connectivity index (χ0v) is 12.3. The molecule has 1 aromatic carbocycles. The van der Waals surface area contributed by atoms with Gasteiger partial charge < -0.3 is 10.4 Å². The fraction of sp³-hybridized carbons (Fsp3) is 0.286. The maximum absolute atomic E-state index is 12.2. The van der Waals surface area contributed by atoms with Crippen LogP contribution in [-0.2, 0) is 9.59 Å². The number of hydrogen-bond acceptors (Lipinski definition) is 2. The molecule has 0 radical (unpaired) electrons. The molecule has 100 valence electrons. The standard InChI is InChI=1S/C14H14INO3/c15-9-4-3-5-10(8-9)16-13(17)11-6-1-2-7-12(11)14(18)19/h1-5,8,11-12H,6-7H2,(H,16,17)(H,18,19)/t11-,12-/m0/s1. The zero-order valence-electron chi connectivity index (χ0n) is 10.2. The molecule has 0 aliphatic heterocycles. The third-order valence-corrected chi connectivity index (χ3v) is 3.85. The summed E-state index contributed by atoms with van der Waals surface area (Å²) in [6.07, 6.45) is 4.60. The molecule has 0 unspecified atom stereocenters. The summed E-state index contributed by atoms with van der Waals surface area (Å²) < 4.78 is 1.02. The summed E-state index contributed by atoms with van der Waals surface area (Å²) in [6.45, 7) is 0. The average Bonchev–Trinajstić information content (AvgIpc) is 2.38. The van der Waals surface area contributed by atoms with Crippen molar-refractivity contribution < 1.29 is 14.7 Å². The van der Waals surface area contributed by atoms with Gasteiger partial charge >= 0.3 is 5.97 Å². The van der Waals surface area contributed by atoms with Crippen molar-refractivity contribution in [1.82, 2.24) is 0 Å². The molecule has 2 atom stereocenters. The Hall–Kier alpha value is -1.37. The van der Waals surface area contributed by atoms with Crippen LogP contribution in [0.5, 0.6) is 0 Å². The van der Waals surface area contributed by atoms with Gasteiger partial charge in [0.2, 0.25) is 5.91 Å². The lowest BCUT2D eigenvalue weighted by molar-refractivity contribution is -0.146. The molecule has 0 bridgehead atoms. The van der Waals surface area contributed by atoms with Gasteiger partial charge in [-0.2, -0.15) is 0 Å². The van der Waals surface area contributed by atoms with Crippen molar-refractivity contribution in [2.45, 2.75) is 12.8 Å². The van der Waals surface area contributed by atoms with Gasteiger partial charge in [-0.25, -0.2) is 0 Å². The highest BCUT2D eigenvalue weighted by Gasteiger charge is 2.33. The van der Waals surface area contributed by atoms with E-state index in [-0.39, 0.29) is 5.91 Å². The number of hydrogen-bond donors (Lipinski definition) is 2. The minimum atomic E-state index is -0.910. The lowest BCUT2D eigenvalue weighted by atomic mass is 9.82. The van der Waals surface area contributed by atoms with Crippen LogP contribution in [0.4, 0.5) is 5.69 Å². The summed E-state index contributed by atoms with van der Waals surface area (Å²) in [7, 11) is 0. The number of halogens is 1. The molecule has 5 heteroatoms. The summed E-state index contributed by atoms with van der Waals surface area (Å²) in [5, 5.41) is 11.9. The van der Waals surface area contributed by atoms with E-state index in [1.165, 1.54) is 0 Å². The highest BCUT2D eigenvalue weighted by atomic mass is 127. The Morgan fingerprint density at radius 1 is 1.21 bits per heavy atom. The van der Waals surface area contributed by atoms with Crippen molar-refractivity contribution in [3.05, 3.63) is 40.0 Å². The van der Waals surface area contributed by atoms with E-state index in [1.54, 1.807) is 6.07 Å². The largest absolute Gasteiger partial charge is 0.481 e. The number of aliphatic carboxylic acids is 1. The molecule has 0 heterocycles. The molecule has 0 spiro atoms. The quantitative estimate of drug-likeness (QED) is 0.634. The third kappa shape index (κ3) is 3.56. The smallest absolute Gasteiger partial charge is 0.307 e. The molecule has 1 aliphatic carbocycles. The topological polar surface area (TPSA) is 66.4 Å². The minimum Gasteiger partial charge on any atom is -0.481 e. The van der Waals surface area contributed by atoms with Crippen molar-refractivity contribution in [2.24, 2.45) is 11.8 Å². The van der Waals surface area contributed by atoms with E-state index in [0.717, 1.165) is 3.57 Å². The Morgan fingerprint density at radius 3 is 2.53 bits per heavy atom. The Labute approximate surface area is 125 Å². The van der Waals surface area contributed by atoms with E-state index in [9.17, 15) is 9.59 Å². The molecule has 4 nitrogen and oxygen atoms in total. The maximum atomic E-state index is 12.2. The second-order valence-corrected chi connectivity index (χ2v) is 5.74. The van der Waals surface area contributed by atoms with Crippen molar-refractivity contribution in [3.63, 3.8) is 0 Å². The van der Waals surface area contributed by atoms with Gasteiger partial charge in [0, 0.05) is 9.26 Å². The van der Waals surface area contributed by atoms with Gasteiger partial charge in [-0.15, -0.1) is 0 Å². The third-order valence-electron chi connectivity index (χ3n) is 3.18. The molecule has 1 amide bonds. The Bertz CT molecular complexity index is 527. The van der Waals surface area contributed by atoms with Crippen molar-refractivity contribution in [2.75, 3.05) is 5.32 Å². The number of anilines is 1. The predicted molar refractivity (Wildman–Crippen MR) is 80.8 cm³/mol. The van der Waals surface area contributed by atoms with E-state index in [2.05, 4.69) is 27.9 Å². The van der Waals surface area contributed by atoms with E-state index in [1.807, 2.05) is 30.4 Å². The van der Waals surface area contributed by atoms with Gasteiger partial charge in [0.25, 0.3) is 0 Å². The molecule has 0 saturated heterocycles. The number of carboxylic acids is 1. The Kier molecular flexibility index (Phi) is 4.57. The number of amides is 1. The Morgan fingerprint density at radius 2 is 1.89 bits per heavy atom. The number of carboxylic acid groups (broad SMARTS) is 1. The fourth-order valence-corrected chi connectivity index (χ4v) is 2.72. The summed E-state index contributed by atoms with van der Waals surface area (Å²) >= 11 is 2.16. The lowest BCUT2D eigenvalue weighted by Gasteiger charge is -2.24. The van der Waals surface area contributed by atoms with Crippen LogP contribution in [0, 0.1) is 15.4 Å². The first-order chi connectivity index (χ1) is 9.08. The average molecular weight is 371 g/mol. The van der Waals surface area contributed by atoms with Crippen LogP contribution in [0.1, 0.15) is 12.8 Å². The second-order valence-electron chi connectivity index (χ2n) is 4.49. The first kappa shape index (κ1) is 14.0. The van der Waals surface area contributed by atoms with Gasteiger partial charge in [0.1, 0.15) is 0 Å². The fourth-order valence-electron chi connectivity index (χ4n) is 2.18. The zero-order chi connectivity index (χ0) is 13.8. The summed E-state index contributed by atoms with van der Waals surface area (Å²) in [5.74, 6) is -2.26. The Balaban J connectivity index is 2.10. The minimum absolute atomic E-state index is 0.223. The molecular formula is C14H14INO3. The highest BCUT2D eigenvalue weighted by molar-refractivity contribution is 14.1. The molecule has 1 aliphatic rings. The maximum Gasteiger partial charge on any atom is 0.307 e. The van der Waals surface area contributed by atoms with Crippen LogP contribution in [0.25, 0.3) is 0 Å². The van der Waals surface area contributed by atoms with Gasteiger partial charge in [0.15, 0.2) is 0 Å². The molecule has 1 aromatic rings. The normalized spacial score (nSPS) is 21.9. The molecule has 2 rings (SSSR count). The molecule has 0 fully saturated rings. The van der Waals surface area contributed by atoms with Crippen molar-refractivity contribution in [1.29, 1.82) is 0 Å². The van der Waals surface area contributed by atoms with Crippen LogP contribution >= 0.6 is 22.6 Å². The van der Waals surface area contributed by atoms with Crippen LogP contribution in [-0.4, -0.2) is 17.0 Å². The first-order valence-electron chi connectivity index (χ1n) is 6.02. The summed E-state index contributed by atoms with van der Waals surface area (Å²) in [4.78, 5) is 23.3. The second kappa shape index (κ2) is 6.18. The van der Waals surface area contributed by atoms with Crippen molar-refractivity contribution >= 4 is 40.2 Å². The number of rotatable bonds is 3. The molecular weight excluding hydrogens is 357 g/mol. The molecule has 2 N–H and O–H groups in total. The summed E-state index contributed by atoms with van der Waals surface area (Å²) in [5.41, 5.74) is 0.704. The van der Waals surface area contributed by atoms with E-state index < -0.39 is 17.8 Å². The monoisotopic (exact) mass is 371 g/mol. The predicted octanol–water partition coefficient (Wildman–Crippen LogP) is 2.90. The number of carbonyl (C=O) groups excluding carboxylic acids is 1. The summed E-state index contributed by atoms with van der Waals surface area (Å²) in [6, 6.07) is 7.44. The van der Waals surface area contributed by atoms with E-state index in [0.29, 0.717) is 18.5 Å². The van der Waals surface area contributed by atoms with Gasteiger partial charge in [-0.3, -0.25) is 9.59 Å². The molecule has 19 heavy (non-hydrogen) atoms. The van der Waals surface area contributed by atoms with Gasteiger partial charge in [0.05, 0.1) is 11.8 Å². The number of carbonyl (C=O) groups is 2. The first-order valence-corrected chi connectivity index (χ1v) is 7.10. The van der Waals surface area contributed by atoms with Gasteiger partial charge in [-0.05, 0) is 53.6 Å². The van der Waals surface area contributed by atoms with Crippen LogP contribution in [0.2, 0.25) is 0 Å². The highest BCUT2D eigenvalue weighted by Crippen LogP contribution is 2.27. The van der Waals surface area contributed by atoms with E-state index in [4.69, 9.17) is 5.11 Å². The van der Waals surface area contributed by atoms with Crippen LogP contribution in [0.3, 0.4) is 0 Å². The SMILES string of the molecule is O=C(O)[C@H]1CC=CC[C@@H]1C(=O)Nc1cccc(I)c1. The van der Waals surface area contributed by atoms with Crippen LogP contribution < -0.4 is 5.32 Å². The number of allylic oxidation sites excluding steroid dienone is 2. The van der Waals surface area contributed by atoms with E-state index >= 15 is 0 Å². The molecule has 0 saturated carbocycles. The van der Waals surface area contributed by atoms with Crippen LogP contribution in [0.15, 0.2) is 36.4 Å². The molecule has 0 aromatic heterocycles. The lowest BCUT2D eigenvalue weighted by Crippen LogP contribution is -2.34. The number of nitrogens with one attached hydrogen (secondary N) is 1. The van der Waals surface area contributed by atoms with Crippen molar-refractivity contribution in [3.8, 4) is 0 Å². The van der Waals surface area contributed by atoms with Gasteiger partial charge in [-0.1, -0.05) is 18.2 Å².